The Bertz CT molecular complexity index is 682. The normalized spacial score (nSPS) is 18.1. The third-order valence-electron chi connectivity index (χ3n) is 4.74. The van der Waals surface area contributed by atoms with Gasteiger partial charge in [0, 0.05) is 43.6 Å². The molecule has 1 heterocycles. The van der Waals surface area contributed by atoms with Gasteiger partial charge in [0.05, 0.1) is 5.71 Å². The first kappa shape index (κ1) is 16.6. The van der Waals surface area contributed by atoms with Crippen molar-refractivity contribution in [2.75, 3.05) is 31.1 Å². The second-order valence-electron chi connectivity index (χ2n) is 6.00. The van der Waals surface area contributed by atoms with Gasteiger partial charge in [-0.05, 0) is 58.1 Å². The molecule has 1 aromatic carbocycles. The van der Waals surface area contributed by atoms with E-state index < -0.39 is 0 Å². The zero-order chi connectivity index (χ0) is 17.1. The molecule has 0 N–H and O–H groups in total. The van der Waals surface area contributed by atoms with Gasteiger partial charge in [-0.15, -0.1) is 0 Å². The van der Waals surface area contributed by atoms with E-state index in [1.165, 1.54) is 11.4 Å². The molecule has 0 amide bonds. The number of ether oxygens (including phenoxy) is 1. The lowest BCUT2D eigenvalue weighted by Gasteiger charge is -2.30. The SMILES string of the molecule is CCN(CC)C1=CC2Oc3cc(N(CC)CC)ccc3N=C2C=C1. The molecule has 128 valence electrons. The molecule has 4 heteroatoms. The van der Waals surface area contributed by atoms with Crippen LogP contribution in [-0.4, -0.2) is 42.9 Å². The Morgan fingerprint density at radius 2 is 1.67 bits per heavy atom. The first-order chi connectivity index (χ1) is 11.7. The third-order valence-corrected chi connectivity index (χ3v) is 4.74. The van der Waals surface area contributed by atoms with Crippen molar-refractivity contribution in [3.8, 4) is 5.75 Å². The quantitative estimate of drug-likeness (QED) is 0.786. The highest BCUT2D eigenvalue weighted by Crippen LogP contribution is 2.37. The number of allylic oxidation sites excluding steroid dienone is 1. The van der Waals surface area contributed by atoms with Gasteiger partial charge < -0.3 is 14.5 Å². The number of aliphatic imine (C=N–C) groups is 1. The number of nitrogens with zero attached hydrogens (tertiary/aromatic N) is 3. The summed E-state index contributed by atoms with van der Waals surface area (Å²) in [5, 5.41) is 0. The lowest BCUT2D eigenvalue weighted by Crippen LogP contribution is -2.32. The van der Waals surface area contributed by atoms with E-state index in [9.17, 15) is 0 Å². The molecule has 3 rings (SSSR count). The van der Waals surface area contributed by atoms with Crippen molar-refractivity contribution in [2.45, 2.75) is 33.8 Å². The minimum absolute atomic E-state index is 0.0925. The molecule has 4 nitrogen and oxygen atoms in total. The van der Waals surface area contributed by atoms with Gasteiger partial charge in [-0.2, -0.15) is 0 Å². The smallest absolute Gasteiger partial charge is 0.161 e. The van der Waals surface area contributed by atoms with Crippen molar-refractivity contribution in [3.05, 3.63) is 42.1 Å². The Balaban J connectivity index is 1.90. The summed E-state index contributed by atoms with van der Waals surface area (Å²) in [4.78, 5) is 9.44. The molecule has 0 bridgehead atoms. The van der Waals surface area contributed by atoms with Crippen LogP contribution in [-0.2, 0) is 0 Å². The molecule has 0 radical (unpaired) electrons. The first-order valence-electron chi connectivity index (χ1n) is 8.99. The highest BCUT2D eigenvalue weighted by atomic mass is 16.5. The van der Waals surface area contributed by atoms with Crippen molar-refractivity contribution in [2.24, 2.45) is 4.99 Å². The van der Waals surface area contributed by atoms with Gasteiger partial charge in [0.15, 0.2) is 6.10 Å². The van der Waals surface area contributed by atoms with Gasteiger partial charge in [0.25, 0.3) is 0 Å². The van der Waals surface area contributed by atoms with Crippen LogP contribution in [0.4, 0.5) is 11.4 Å². The minimum Gasteiger partial charge on any atom is -0.478 e. The van der Waals surface area contributed by atoms with Crippen molar-refractivity contribution in [3.63, 3.8) is 0 Å². The van der Waals surface area contributed by atoms with Crippen LogP contribution in [0.15, 0.2) is 47.1 Å². The highest BCUT2D eigenvalue weighted by molar-refractivity contribution is 6.04. The Morgan fingerprint density at radius 1 is 0.958 bits per heavy atom. The fourth-order valence-electron chi connectivity index (χ4n) is 3.31. The maximum Gasteiger partial charge on any atom is 0.161 e. The standard InChI is InChI=1S/C20H27N3O/c1-5-22(6-2)15-9-11-17-19(13-15)24-20-14-16(23(7-3)8-4)10-12-18(20)21-17/h9-14,19H,5-8H2,1-4H3. The van der Waals surface area contributed by atoms with E-state index in [2.05, 4.69) is 73.9 Å². The van der Waals surface area contributed by atoms with Crippen LogP contribution in [0.1, 0.15) is 27.7 Å². The summed E-state index contributed by atoms with van der Waals surface area (Å²) >= 11 is 0. The van der Waals surface area contributed by atoms with Crippen LogP contribution in [0, 0.1) is 0 Å². The van der Waals surface area contributed by atoms with Gasteiger partial charge in [0.1, 0.15) is 11.4 Å². The number of rotatable bonds is 6. The monoisotopic (exact) mass is 325 g/mol. The fraction of sp³-hybridized carbons (Fsp3) is 0.450. The molecule has 0 fully saturated rings. The van der Waals surface area contributed by atoms with Crippen LogP contribution >= 0.6 is 0 Å². The third kappa shape index (κ3) is 3.05. The first-order valence-corrected chi connectivity index (χ1v) is 8.99. The molecule has 0 saturated carbocycles. The van der Waals surface area contributed by atoms with Crippen molar-refractivity contribution in [1.82, 2.24) is 4.90 Å². The highest BCUT2D eigenvalue weighted by Gasteiger charge is 2.25. The molecule has 0 spiro atoms. The molecule has 1 aliphatic carbocycles. The van der Waals surface area contributed by atoms with Crippen LogP contribution < -0.4 is 9.64 Å². The second-order valence-corrected chi connectivity index (χ2v) is 6.00. The van der Waals surface area contributed by atoms with E-state index in [-0.39, 0.29) is 6.10 Å². The molecule has 1 unspecified atom stereocenters. The number of anilines is 1. The lowest BCUT2D eigenvalue weighted by molar-refractivity contribution is 0.300. The number of hydrogen-bond donors (Lipinski definition) is 0. The summed E-state index contributed by atoms with van der Waals surface area (Å²) < 4.78 is 6.27. The van der Waals surface area contributed by atoms with E-state index in [1.54, 1.807) is 0 Å². The van der Waals surface area contributed by atoms with Gasteiger partial charge in [-0.3, -0.25) is 0 Å². The Kier molecular flexibility index (Phi) is 4.93. The molecule has 2 aliphatic rings. The zero-order valence-corrected chi connectivity index (χ0v) is 15.1. The maximum atomic E-state index is 6.27. The minimum atomic E-state index is -0.0925. The van der Waals surface area contributed by atoms with Crippen LogP contribution in [0.3, 0.4) is 0 Å². The average molecular weight is 325 g/mol. The molecule has 1 atom stereocenters. The molecular formula is C20H27N3O. The lowest BCUT2D eigenvalue weighted by atomic mass is 10.0. The van der Waals surface area contributed by atoms with E-state index in [1.807, 2.05) is 0 Å². The average Bonchev–Trinajstić information content (AvgIpc) is 2.62. The number of hydrogen-bond acceptors (Lipinski definition) is 4. The number of fused-ring (bicyclic) bond motifs is 2. The van der Waals surface area contributed by atoms with Crippen LogP contribution in [0.2, 0.25) is 0 Å². The van der Waals surface area contributed by atoms with E-state index >= 15 is 0 Å². The van der Waals surface area contributed by atoms with E-state index in [0.29, 0.717) is 0 Å². The fourth-order valence-corrected chi connectivity index (χ4v) is 3.31. The van der Waals surface area contributed by atoms with Crippen LogP contribution in [0.5, 0.6) is 5.75 Å². The summed E-state index contributed by atoms with van der Waals surface area (Å²) in [5.41, 5.74) is 4.31. The molecule has 1 aromatic rings. The molecule has 0 saturated heterocycles. The molecule has 1 aliphatic heterocycles. The van der Waals surface area contributed by atoms with Crippen molar-refractivity contribution in [1.29, 1.82) is 0 Å². The van der Waals surface area contributed by atoms with Gasteiger partial charge in [-0.25, -0.2) is 4.99 Å². The van der Waals surface area contributed by atoms with Crippen molar-refractivity contribution < 1.29 is 4.74 Å². The van der Waals surface area contributed by atoms with E-state index in [4.69, 9.17) is 9.73 Å². The predicted molar refractivity (Wildman–Crippen MR) is 102 cm³/mol. The summed E-state index contributed by atoms with van der Waals surface area (Å²) in [5.74, 6) is 0.874. The molecule has 0 aromatic heterocycles. The Morgan fingerprint density at radius 3 is 2.33 bits per heavy atom. The Labute approximate surface area is 145 Å². The van der Waals surface area contributed by atoms with E-state index in [0.717, 1.165) is 43.3 Å². The summed E-state index contributed by atoms with van der Waals surface area (Å²) in [6, 6.07) is 6.30. The predicted octanol–water partition coefficient (Wildman–Crippen LogP) is 4.16. The maximum absolute atomic E-state index is 6.27. The largest absolute Gasteiger partial charge is 0.478 e. The number of likely N-dealkylation sites (N-methyl/N-ethyl adjacent to an activating group) is 1. The van der Waals surface area contributed by atoms with Crippen LogP contribution in [0.25, 0.3) is 0 Å². The van der Waals surface area contributed by atoms with Crippen molar-refractivity contribution >= 4 is 17.1 Å². The van der Waals surface area contributed by atoms with Gasteiger partial charge >= 0.3 is 0 Å². The summed E-state index contributed by atoms with van der Waals surface area (Å²) in [6.45, 7) is 12.7. The van der Waals surface area contributed by atoms with Gasteiger partial charge in [-0.1, -0.05) is 0 Å². The number of benzene rings is 1. The molecule has 24 heavy (non-hydrogen) atoms. The summed E-state index contributed by atoms with van der Waals surface area (Å²) in [6.07, 6.45) is 6.31. The summed E-state index contributed by atoms with van der Waals surface area (Å²) in [7, 11) is 0. The zero-order valence-electron chi connectivity index (χ0n) is 15.1. The second kappa shape index (κ2) is 7.12. The van der Waals surface area contributed by atoms with Gasteiger partial charge in [0.2, 0.25) is 0 Å². The Hall–Kier alpha value is -2.23. The topological polar surface area (TPSA) is 28.1 Å². The molecular weight excluding hydrogens is 298 g/mol.